The topological polar surface area (TPSA) is 130 Å². The number of imidazole rings is 1. The monoisotopic (exact) mass is 522 g/mol. The number of aromatic nitrogens is 4. The number of anilines is 1. The highest BCUT2D eigenvalue weighted by Crippen LogP contribution is 2.35. The largest absolute Gasteiger partial charge is 0.359 e. The SMILES string of the molecule is CNC(=O)C1(C)COC(c2nc(-c3ccc(F)cc3)c(-c3ccnc(NCCCN4CC=NC4)n3)[nH]2)OC1. The Bertz CT molecular complexity index is 1280. The Morgan fingerprint density at radius 2 is 2.00 bits per heavy atom. The molecule has 11 nitrogen and oxygen atoms in total. The summed E-state index contributed by atoms with van der Waals surface area (Å²) >= 11 is 0. The van der Waals surface area contributed by atoms with Crippen LogP contribution in [-0.4, -0.2) is 83.5 Å². The smallest absolute Gasteiger partial charge is 0.230 e. The molecule has 200 valence electrons. The first-order valence-corrected chi connectivity index (χ1v) is 12.5. The summed E-state index contributed by atoms with van der Waals surface area (Å²) in [7, 11) is 1.58. The molecule has 1 aromatic carbocycles. The van der Waals surface area contributed by atoms with Crippen LogP contribution in [0.1, 0.15) is 25.5 Å². The normalized spacial score (nSPS) is 21.5. The van der Waals surface area contributed by atoms with Gasteiger partial charge in [0.2, 0.25) is 18.1 Å². The molecule has 1 fully saturated rings. The lowest BCUT2D eigenvalue weighted by Crippen LogP contribution is -2.47. The second-order valence-electron chi connectivity index (χ2n) is 9.58. The highest BCUT2D eigenvalue weighted by atomic mass is 19.1. The zero-order valence-electron chi connectivity index (χ0n) is 21.4. The molecule has 0 unspecified atom stereocenters. The van der Waals surface area contributed by atoms with Gasteiger partial charge in [0.1, 0.15) is 5.82 Å². The highest BCUT2D eigenvalue weighted by Gasteiger charge is 2.40. The van der Waals surface area contributed by atoms with Crippen molar-refractivity contribution < 1.29 is 18.7 Å². The molecule has 4 heterocycles. The lowest BCUT2D eigenvalue weighted by molar-refractivity contribution is -0.230. The highest BCUT2D eigenvalue weighted by molar-refractivity contribution is 5.82. The van der Waals surface area contributed by atoms with Crippen molar-refractivity contribution in [3.8, 4) is 22.6 Å². The molecule has 2 aromatic heterocycles. The molecule has 1 saturated heterocycles. The van der Waals surface area contributed by atoms with Gasteiger partial charge in [0.15, 0.2) is 5.82 Å². The average molecular weight is 523 g/mol. The zero-order valence-corrected chi connectivity index (χ0v) is 21.4. The third-order valence-electron chi connectivity index (χ3n) is 6.54. The number of aliphatic imine (C=N–C) groups is 1. The number of aromatic amines is 1. The molecule has 12 heteroatoms. The van der Waals surface area contributed by atoms with E-state index < -0.39 is 11.7 Å². The van der Waals surface area contributed by atoms with Crippen LogP contribution >= 0.6 is 0 Å². The van der Waals surface area contributed by atoms with Crippen LogP contribution in [0.5, 0.6) is 0 Å². The molecule has 0 spiro atoms. The lowest BCUT2D eigenvalue weighted by Gasteiger charge is -2.34. The maximum Gasteiger partial charge on any atom is 0.230 e. The number of benzene rings is 1. The van der Waals surface area contributed by atoms with Crippen LogP contribution in [0.3, 0.4) is 0 Å². The number of hydrogen-bond donors (Lipinski definition) is 3. The quantitative estimate of drug-likeness (QED) is 0.366. The number of nitrogens with one attached hydrogen (secondary N) is 3. The van der Waals surface area contributed by atoms with Crippen LogP contribution in [0.4, 0.5) is 10.3 Å². The fourth-order valence-electron chi connectivity index (χ4n) is 4.36. The third kappa shape index (κ3) is 5.72. The van der Waals surface area contributed by atoms with E-state index in [9.17, 15) is 9.18 Å². The van der Waals surface area contributed by atoms with Crippen molar-refractivity contribution in [2.24, 2.45) is 10.4 Å². The van der Waals surface area contributed by atoms with Crippen molar-refractivity contribution in [1.29, 1.82) is 0 Å². The minimum Gasteiger partial charge on any atom is -0.359 e. The minimum atomic E-state index is -0.797. The van der Waals surface area contributed by atoms with Crippen molar-refractivity contribution in [3.63, 3.8) is 0 Å². The number of carbonyl (C=O) groups excluding carboxylic acids is 1. The van der Waals surface area contributed by atoms with Gasteiger partial charge in [-0.15, -0.1) is 0 Å². The van der Waals surface area contributed by atoms with Crippen LogP contribution in [0.2, 0.25) is 0 Å². The third-order valence-corrected chi connectivity index (χ3v) is 6.54. The predicted molar refractivity (Wildman–Crippen MR) is 140 cm³/mol. The van der Waals surface area contributed by atoms with Crippen LogP contribution < -0.4 is 10.6 Å². The predicted octanol–water partition coefficient (Wildman–Crippen LogP) is 2.62. The van der Waals surface area contributed by atoms with E-state index in [0.29, 0.717) is 41.0 Å². The molecule has 3 N–H and O–H groups in total. The molecule has 5 rings (SSSR count). The van der Waals surface area contributed by atoms with Gasteiger partial charge in [-0.1, -0.05) is 0 Å². The fraction of sp³-hybridized carbons (Fsp3) is 0.423. The first-order valence-electron chi connectivity index (χ1n) is 12.5. The molecule has 0 saturated carbocycles. The van der Waals surface area contributed by atoms with Crippen LogP contribution in [0, 0.1) is 11.2 Å². The minimum absolute atomic E-state index is 0.155. The van der Waals surface area contributed by atoms with E-state index in [1.807, 2.05) is 6.21 Å². The second kappa shape index (κ2) is 11.3. The van der Waals surface area contributed by atoms with Crippen LogP contribution in [0.15, 0.2) is 41.5 Å². The molecule has 0 bridgehead atoms. The molecular formula is C26H31FN8O3. The Morgan fingerprint density at radius 1 is 1.21 bits per heavy atom. The maximum absolute atomic E-state index is 13.6. The van der Waals surface area contributed by atoms with Gasteiger partial charge in [0.25, 0.3) is 0 Å². The summed E-state index contributed by atoms with van der Waals surface area (Å²) in [4.78, 5) is 35.8. The summed E-state index contributed by atoms with van der Waals surface area (Å²) in [6.45, 7) is 5.42. The van der Waals surface area contributed by atoms with Gasteiger partial charge >= 0.3 is 0 Å². The molecule has 2 aliphatic rings. The fourth-order valence-corrected chi connectivity index (χ4v) is 4.36. The Morgan fingerprint density at radius 3 is 2.71 bits per heavy atom. The van der Waals surface area contributed by atoms with E-state index in [2.05, 4.69) is 30.5 Å². The van der Waals surface area contributed by atoms with Gasteiger partial charge in [0.05, 0.1) is 42.4 Å². The number of amides is 1. The number of ether oxygens (including phenoxy) is 2. The van der Waals surface area contributed by atoms with Gasteiger partial charge in [-0.3, -0.25) is 14.7 Å². The Labute approximate surface area is 219 Å². The van der Waals surface area contributed by atoms with Crippen molar-refractivity contribution in [1.82, 2.24) is 30.2 Å². The molecule has 0 aliphatic carbocycles. The lowest BCUT2D eigenvalue weighted by atomic mass is 9.91. The molecule has 2 aliphatic heterocycles. The molecule has 3 aromatic rings. The van der Waals surface area contributed by atoms with E-state index in [1.54, 1.807) is 38.4 Å². The molecule has 1 amide bonds. The first kappa shape index (κ1) is 25.9. The maximum atomic E-state index is 13.6. The first-order chi connectivity index (χ1) is 18.4. The van der Waals surface area contributed by atoms with Crippen molar-refractivity contribution in [3.05, 3.63) is 48.2 Å². The zero-order chi connectivity index (χ0) is 26.5. The van der Waals surface area contributed by atoms with Crippen molar-refractivity contribution in [2.45, 2.75) is 19.6 Å². The van der Waals surface area contributed by atoms with E-state index in [0.717, 1.165) is 26.2 Å². The Balaban J connectivity index is 1.36. The van der Waals surface area contributed by atoms with Crippen LogP contribution in [-0.2, 0) is 14.3 Å². The molecule has 0 atom stereocenters. The number of rotatable bonds is 9. The summed E-state index contributed by atoms with van der Waals surface area (Å²) in [6.07, 6.45) is 3.74. The number of halogens is 1. The van der Waals surface area contributed by atoms with Gasteiger partial charge in [-0.2, -0.15) is 0 Å². The van der Waals surface area contributed by atoms with Gasteiger partial charge in [-0.25, -0.2) is 19.3 Å². The average Bonchev–Trinajstić information content (AvgIpc) is 3.62. The Kier molecular flexibility index (Phi) is 7.72. The standard InChI is InChI=1S/C26H31FN8O3/c1-26(24(36)28-2)14-37-23(38-15-26)22-33-20(17-4-6-18(27)7-5-17)21(34-22)19-8-10-31-25(32-19)30-9-3-12-35-13-11-29-16-35/h4-8,10-11,23H,3,9,12-16H2,1-2H3,(H,28,36)(H,33,34)(H,30,31,32). The summed E-state index contributed by atoms with van der Waals surface area (Å²) < 4.78 is 25.4. The van der Waals surface area contributed by atoms with Crippen LogP contribution in [0.25, 0.3) is 22.6 Å². The number of nitrogens with zero attached hydrogens (tertiary/aromatic N) is 5. The van der Waals surface area contributed by atoms with E-state index in [-0.39, 0.29) is 24.9 Å². The number of hydrogen-bond acceptors (Lipinski definition) is 9. The van der Waals surface area contributed by atoms with Gasteiger partial charge in [0, 0.05) is 44.7 Å². The summed E-state index contributed by atoms with van der Waals surface area (Å²) in [5.41, 5.74) is 1.72. The van der Waals surface area contributed by atoms with E-state index in [4.69, 9.17) is 19.4 Å². The summed E-state index contributed by atoms with van der Waals surface area (Å²) in [5, 5.41) is 5.93. The molecule has 38 heavy (non-hydrogen) atoms. The number of H-pyrrole nitrogens is 1. The van der Waals surface area contributed by atoms with Crippen molar-refractivity contribution in [2.75, 3.05) is 51.9 Å². The molecular weight excluding hydrogens is 491 g/mol. The van der Waals surface area contributed by atoms with Gasteiger partial charge < -0.3 is 25.1 Å². The summed E-state index contributed by atoms with van der Waals surface area (Å²) in [6, 6.07) is 7.86. The second-order valence-corrected chi connectivity index (χ2v) is 9.58. The molecule has 0 radical (unpaired) electrons. The van der Waals surface area contributed by atoms with Crippen molar-refractivity contribution >= 4 is 18.1 Å². The number of carbonyl (C=O) groups is 1. The van der Waals surface area contributed by atoms with E-state index >= 15 is 0 Å². The Hall–Kier alpha value is -3.74. The summed E-state index contributed by atoms with van der Waals surface area (Å²) in [5.74, 6) is 0.428. The van der Waals surface area contributed by atoms with Gasteiger partial charge in [-0.05, 0) is 43.7 Å². The van der Waals surface area contributed by atoms with E-state index in [1.165, 1.54) is 12.1 Å².